The average Bonchev–Trinajstić information content (AvgIpc) is 2.64. The predicted octanol–water partition coefficient (Wildman–Crippen LogP) is 4.79. The molecular weight excluding hydrogens is 362 g/mol. The number of halogens is 1. The monoisotopic (exact) mass is 385 g/mol. The van der Waals surface area contributed by atoms with Gasteiger partial charge in [0, 0.05) is 42.1 Å². The highest BCUT2D eigenvalue weighted by Crippen LogP contribution is 2.29. The van der Waals surface area contributed by atoms with E-state index in [9.17, 15) is 9.59 Å². The molecule has 1 saturated heterocycles. The van der Waals surface area contributed by atoms with Gasteiger partial charge in [-0.1, -0.05) is 18.5 Å². The van der Waals surface area contributed by atoms with Crippen molar-refractivity contribution in [3.63, 3.8) is 0 Å². The molecule has 6 heteroatoms. The molecule has 1 aliphatic rings. The molecule has 5 nitrogen and oxygen atoms in total. The van der Waals surface area contributed by atoms with Gasteiger partial charge in [0.05, 0.1) is 5.56 Å². The Balaban J connectivity index is 1.89. The first-order valence-electron chi connectivity index (χ1n) is 9.16. The second-order valence-corrected chi connectivity index (χ2v) is 7.48. The summed E-state index contributed by atoms with van der Waals surface area (Å²) < 4.78 is 0. The summed E-state index contributed by atoms with van der Waals surface area (Å²) in [4.78, 5) is 26.6. The predicted molar refractivity (Wildman–Crippen MR) is 111 cm³/mol. The van der Waals surface area contributed by atoms with Crippen molar-refractivity contribution in [2.75, 3.05) is 28.6 Å². The van der Waals surface area contributed by atoms with Crippen LogP contribution in [0.25, 0.3) is 0 Å². The number of anilines is 3. The van der Waals surface area contributed by atoms with Crippen LogP contribution in [0, 0.1) is 5.92 Å². The molecule has 2 aromatic rings. The third-order valence-corrected chi connectivity index (χ3v) is 5.04. The molecule has 2 aromatic carbocycles. The van der Waals surface area contributed by atoms with Crippen LogP contribution in [-0.4, -0.2) is 24.9 Å². The topological polar surface area (TPSA) is 61.4 Å². The van der Waals surface area contributed by atoms with Gasteiger partial charge in [-0.25, -0.2) is 0 Å². The summed E-state index contributed by atoms with van der Waals surface area (Å²) in [5.74, 6) is 0.322. The van der Waals surface area contributed by atoms with Crippen LogP contribution in [0.3, 0.4) is 0 Å². The lowest BCUT2D eigenvalue weighted by atomic mass is 9.97. The van der Waals surface area contributed by atoms with Crippen molar-refractivity contribution in [3.8, 4) is 0 Å². The SMILES string of the molecule is CC(=O)Nc1ccc(N2CCC(C)CC2)c(C(=O)Nc2ccc(Cl)cc2)c1. The minimum Gasteiger partial charge on any atom is -0.371 e. The van der Waals surface area contributed by atoms with E-state index in [1.54, 1.807) is 30.3 Å². The van der Waals surface area contributed by atoms with Crippen LogP contribution in [0.5, 0.6) is 0 Å². The van der Waals surface area contributed by atoms with Gasteiger partial charge in [0.15, 0.2) is 0 Å². The summed E-state index contributed by atoms with van der Waals surface area (Å²) in [7, 11) is 0. The van der Waals surface area contributed by atoms with Gasteiger partial charge < -0.3 is 15.5 Å². The Morgan fingerprint density at radius 3 is 2.26 bits per heavy atom. The van der Waals surface area contributed by atoms with Gasteiger partial charge in [-0.2, -0.15) is 0 Å². The van der Waals surface area contributed by atoms with E-state index in [-0.39, 0.29) is 11.8 Å². The van der Waals surface area contributed by atoms with E-state index in [2.05, 4.69) is 22.5 Å². The molecule has 0 aliphatic carbocycles. The summed E-state index contributed by atoms with van der Waals surface area (Å²) >= 11 is 5.91. The number of hydrogen-bond acceptors (Lipinski definition) is 3. The molecule has 142 valence electrons. The van der Waals surface area contributed by atoms with Crippen LogP contribution in [0.1, 0.15) is 37.0 Å². The molecule has 1 aliphatic heterocycles. The maximum absolute atomic E-state index is 13.0. The molecular formula is C21H24ClN3O2. The normalized spacial score (nSPS) is 14.7. The van der Waals surface area contributed by atoms with Gasteiger partial charge in [0.1, 0.15) is 0 Å². The van der Waals surface area contributed by atoms with E-state index in [4.69, 9.17) is 11.6 Å². The second kappa shape index (κ2) is 8.44. The van der Waals surface area contributed by atoms with Crippen molar-refractivity contribution < 1.29 is 9.59 Å². The van der Waals surface area contributed by atoms with Crippen LogP contribution in [-0.2, 0) is 4.79 Å². The van der Waals surface area contributed by atoms with Gasteiger partial charge in [-0.05, 0) is 61.2 Å². The highest BCUT2D eigenvalue weighted by atomic mass is 35.5. The highest BCUT2D eigenvalue weighted by Gasteiger charge is 2.22. The van der Waals surface area contributed by atoms with Crippen LogP contribution < -0.4 is 15.5 Å². The lowest BCUT2D eigenvalue weighted by Crippen LogP contribution is -2.34. The van der Waals surface area contributed by atoms with Crippen molar-refractivity contribution in [3.05, 3.63) is 53.1 Å². The Kier molecular flexibility index (Phi) is 6.01. The zero-order valence-corrected chi connectivity index (χ0v) is 16.3. The first-order chi connectivity index (χ1) is 12.9. The third-order valence-electron chi connectivity index (χ3n) is 4.79. The summed E-state index contributed by atoms with van der Waals surface area (Å²) in [6, 6.07) is 12.5. The van der Waals surface area contributed by atoms with Crippen molar-refractivity contribution in [1.82, 2.24) is 0 Å². The van der Waals surface area contributed by atoms with Crippen LogP contribution in [0.2, 0.25) is 5.02 Å². The Hall–Kier alpha value is -2.53. The minimum absolute atomic E-state index is 0.168. The summed E-state index contributed by atoms with van der Waals surface area (Å²) in [5.41, 5.74) is 2.72. The Labute approximate surface area is 164 Å². The van der Waals surface area contributed by atoms with Crippen LogP contribution in [0.4, 0.5) is 17.1 Å². The number of hydrogen-bond donors (Lipinski definition) is 2. The average molecular weight is 386 g/mol. The minimum atomic E-state index is -0.210. The maximum Gasteiger partial charge on any atom is 0.257 e. The highest BCUT2D eigenvalue weighted by molar-refractivity contribution is 6.30. The zero-order chi connectivity index (χ0) is 19.4. The molecule has 27 heavy (non-hydrogen) atoms. The number of piperidine rings is 1. The molecule has 0 radical (unpaired) electrons. The largest absolute Gasteiger partial charge is 0.371 e. The summed E-state index contributed by atoms with van der Waals surface area (Å²) in [6.07, 6.45) is 2.21. The fraction of sp³-hybridized carbons (Fsp3) is 0.333. The molecule has 0 unspecified atom stereocenters. The lowest BCUT2D eigenvalue weighted by Gasteiger charge is -2.33. The molecule has 0 aromatic heterocycles. The maximum atomic E-state index is 13.0. The summed E-state index contributed by atoms with van der Waals surface area (Å²) in [5, 5.41) is 6.29. The smallest absolute Gasteiger partial charge is 0.257 e. The number of carbonyl (C=O) groups excluding carboxylic acids is 2. The van der Waals surface area contributed by atoms with E-state index in [0.29, 0.717) is 27.9 Å². The van der Waals surface area contributed by atoms with E-state index >= 15 is 0 Å². The molecule has 2 amide bonds. The number of rotatable bonds is 4. The van der Waals surface area contributed by atoms with E-state index in [1.165, 1.54) is 6.92 Å². The third kappa shape index (κ3) is 5.01. The van der Waals surface area contributed by atoms with Crippen LogP contribution in [0.15, 0.2) is 42.5 Å². The molecule has 0 spiro atoms. The molecule has 3 rings (SSSR count). The first-order valence-corrected chi connectivity index (χ1v) is 9.53. The molecule has 2 N–H and O–H groups in total. The standard InChI is InChI=1S/C21H24ClN3O2/c1-14-9-11-25(12-10-14)20-8-7-18(23-15(2)26)13-19(20)21(27)24-17-5-3-16(22)4-6-17/h3-8,13-14H,9-12H2,1-2H3,(H,23,26)(H,24,27). The number of amides is 2. The fourth-order valence-corrected chi connectivity index (χ4v) is 3.38. The zero-order valence-electron chi connectivity index (χ0n) is 15.6. The quantitative estimate of drug-likeness (QED) is 0.795. The van der Waals surface area contributed by atoms with Crippen LogP contribution >= 0.6 is 11.6 Å². The number of nitrogens with one attached hydrogen (secondary N) is 2. The molecule has 1 fully saturated rings. The van der Waals surface area contributed by atoms with Gasteiger partial charge in [0.25, 0.3) is 5.91 Å². The lowest BCUT2D eigenvalue weighted by molar-refractivity contribution is -0.114. The van der Waals surface area contributed by atoms with Crippen molar-refractivity contribution in [2.24, 2.45) is 5.92 Å². The van der Waals surface area contributed by atoms with Gasteiger partial charge in [0.2, 0.25) is 5.91 Å². The molecule has 0 atom stereocenters. The van der Waals surface area contributed by atoms with Crippen molar-refractivity contribution >= 4 is 40.5 Å². The van der Waals surface area contributed by atoms with Crippen molar-refractivity contribution in [1.29, 1.82) is 0 Å². The number of nitrogens with zero attached hydrogens (tertiary/aromatic N) is 1. The van der Waals surface area contributed by atoms with Gasteiger partial charge in [-0.3, -0.25) is 9.59 Å². The first kappa shape index (κ1) is 19.2. The fourth-order valence-electron chi connectivity index (χ4n) is 3.26. The number of carbonyl (C=O) groups is 2. The summed E-state index contributed by atoms with van der Waals surface area (Å²) in [6.45, 7) is 5.54. The van der Waals surface area contributed by atoms with Crippen molar-refractivity contribution in [2.45, 2.75) is 26.7 Å². The molecule has 1 heterocycles. The molecule has 0 saturated carbocycles. The van der Waals surface area contributed by atoms with E-state index in [1.807, 2.05) is 12.1 Å². The Morgan fingerprint density at radius 2 is 1.63 bits per heavy atom. The van der Waals surface area contributed by atoms with Gasteiger partial charge >= 0.3 is 0 Å². The van der Waals surface area contributed by atoms with E-state index < -0.39 is 0 Å². The Morgan fingerprint density at radius 1 is 1.00 bits per heavy atom. The number of benzene rings is 2. The second-order valence-electron chi connectivity index (χ2n) is 7.04. The Bertz CT molecular complexity index is 828. The molecule has 0 bridgehead atoms. The van der Waals surface area contributed by atoms with E-state index in [0.717, 1.165) is 31.6 Å². The van der Waals surface area contributed by atoms with Gasteiger partial charge in [-0.15, -0.1) is 0 Å².